The lowest BCUT2D eigenvalue weighted by Gasteiger charge is -2.09. The van der Waals surface area contributed by atoms with Crippen molar-refractivity contribution < 1.29 is 18.0 Å². The van der Waals surface area contributed by atoms with Crippen LogP contribution in [-0.4, -0.2) is 24.0 Å². The number of amides is 1. The van der Waals surface area contributed by atoms with Crippen molar-refractivity contribution in [1.82, 2.24) is 10.3 Å². The van der Waals surface area contributed by atoms with Crippen LogP contribution in [0.5, 0.6) is 0 Å². The van der Waals surface area contributed by atoms with E-state index < -0.39 is 11.7 Å². The molecule has 1 amide bonds. The van der Waals surface area contributed by atoms with Gasteiger partial charge in [0.2, 0.25) is 0 Å². The average molecular weight is 344 g/mol. The highest BCUT2D eigenvalue weighted by Gasteiger charge is 2.30. The number of aromatic nitrogens is 1. The highest BCUT2D eigenvalue weighted by atomic mass is 35.5. The molecule has 1 aromatic carbocycles. The number of carbonyl (C=O) groups is 1. The number of nitrogens with zero attached hydrogens (tertiary/aromatic N) is 1. The zero-order chi connectivity index (χ0) is 16.9. The molecule has 0 atom stereocenters. The third kappa shape index (κ3) is 5.14. The Labute approximate surface area is 135 Å². The minimum atomic E-state index is -4.40. The van der Waals surface area contributed by atoms with Crippen molar-refractivity contribution in [3.8, 4) is 0 Å². The summed E-state index contributed by atoms with van der Waals surface area (Å²) in [5.41, 5.74) is -0.332. The molecule has 0 bridgehead atoms. The SMILES string of the molecule is O=C(NCCNc1ccc(C(F)(F)F)cn1)c1ccc(Cl)cc1. The highest BCUT2D eigenvalue weighted by molar-refractivity contribution is 6.30. The molecular weight excluding hydrogens is 331 g/mol. The van der Waals surface area contributed by atoms with Gasteiger partial charge in [0.25, 0.3) is 5.91 Å². The Bertz CT molecular complexity index is 657. The van der Waals surface area contributed by atoms with Gasteiger partial charge in [-0.15, -0.1) is 0 Å². The van der Waals surface area contributed by atoms with Crippen molar-refractivity contribution in [1.29, 1.82) is 0 Å². The lowest BCUT2D eigenvalue weighted by atomic mass is 10.2. The lowest BCUT2D eigenvalue weighted by molar-refractivity contribution is -0.137. The Hall–Kier alpha value is -2.28. The first kappa shape index (κ1) is 17.1. The Morgan fingerprint density at radius 1 is 1.09 bits per heavy atom. The van der Waals surface area contributed by atoms with Gasteiger partial charge in [-0.3, -0.25) is 4.79 Å². The van der Waals surface area contributed by atoms with E-state index in [1.165, 1.54) is 6.07 Å². The van der Waals surface area contributed by atoms with E-state index in [1.54, 1.807) is 24.3 Å². The predicted octanol–water partition coefficient (Wildman–Crippen LogP) is 3.60. The molecule has 0 aliphatic carbocycles. The second kappa shape index (κ2) is 7.32. The summed E-state index contributed by atoms with van der Waals surface area (Å²) in [6.07, 6.45) is -3.65. The average Bonchev–Trinajstić information content (AvgIpc) is 2.51. The van der Waals surface area contributed by atoms with Gasteiger partial charge in [-0.25, -0.2) is 4.98 Å². The Morgan fingerprint density at radius 2 is 1.78 bits per heavy atom. The molecule has 0 radical (unpaired) electrons. The van der Waals surface area contributed by atoms with E-state index in [9.17, 15) is 18.0 Å². The van der Waals surface area contributed by atoms with Crippen molar-refractivity contribution >= 4 is 23.3 Å². The number of halogens is 4. The minimum absolute atomic E-state index is 0.260. The fourth-order valence-electron chi connectivity index (χ4n) is 1.74. The van der Waals surface area contributed by atoms with Crippen LogP contribution in [-0.2, 0) is 6.18 Å². The summed E-state index contributed by atoms with van der Waals surface area (Å²) in [5, 5.41) is 6.04. The molecule has 0 fully saturated rings. The third-order valence-electron chi connectivity index (χ3n) is 2.91. The van der Waals surface area contributed by atoms with Crippen molar-refractivity contribution in [2.75, 3.05) is 18.4 Å². The lowest BCUT2D eigenvalue weighted by Crippen LogP contribution is -2.28. The van der Waals surface area contributed by atoms with Crippen molar-refractivity contribution in [3.05, 3.63) is 58.7 Å². The molecule has 2 N–H and O–H groups in total. The molecule has 1 heterocycles. The monoisotopic (exact) mass is 343 g/mol. The smallest absolute Gasteiger partial charge is 0.368 e. The molecule has 0 saturated carbocycles. The third-order valence-corrected chi connectivity index (χ3v) is 3.17. The molecular formula is C15H13ClF3N3O. The first-order chi connectivity index (χ1) is 10.9. The van der Waals surface area contributed by atoms with Crippen LogP contribution in [0.25, 0.3) is 0 Å². The van der Waals surface area contributed by atoms with Crippen molar-refractivity contribution in [3.63, 3.8) is 0 Å². The topological polar surface area (TPSA) is 54.0 Å². The maximum Gasteiger partial charge on any atom is 0.417 e. The van der Waals surface area contributed by atoms with E-state index in [2.05, 4.69) is 15.6 Å². The van der Waals surface area contributed by atoms with Crippen LogP contribution in [0.15, 0.2) is 42.6 Å². The van der Waals surface area contributed by atoms with Gasteiger partial charge in [-0.05, 0) is 36.4 Å². The van der Waals surface area contributed by atoms with Crippen LogP contribution in [0.2, 0.25) is 5.02 Å². The number of carbonyl (C=O) groups excluding carboxylic acids is 1. The van der Waals surface area contributed by atoms with Crippen LogP contribution < -0.4 is 10.6 Å². The summed E-state index contributed by atoms with van der Waals surface area (Å²) in [7, 11) is 0. The maximum absolute atomic E-state index is 12.4. The minimum Gasteiger partial charge on any atom is -0.368 e. The molecule has 2 aromatic rings. The molecule has 122 valence electrons. The first-order valence-corrected chi connectivity index (χ1v) is 7.05. The number of hydrogen-bond donors (Lipinski definition) is 2. The van der Waals surface area contributed by atoms with E-state index in [0.29, 0.717) is 29.5 Å². The Morgan fingerprint density at radius 3 is 2.35 bits per heavy atom. The highest BCUT2D eigenvalue weighted by Crippen LogP contribution is 2.28. The zero-order valence-electron chi connectivity index (χ0n) is 11.8. The summed E-state index contributed by atoms with van der Waals surface area (Å²) >= 11 is 5.73. The Kier molecular flexibility index (Phi) is 5.44. The molecule has 0 aliphatic rings. The fourth-order valence-corrected chi connectivity index (χ4v) is 1.86. The van der Waals surface area contributed by atoms with Gasteiger partial charge in [-0.1, -0.05) is 11.6 Å². The number of anilines is 1. The fraction of sp³-hybridized carbons (Fsp3) is 0.200. The molecule has 23 heavy (non-hydrogen) atoms. The van der Waals surface area contributed by atoms with E-state index in [1.807, 2.05) is 0 Å². The molecule has 8 heteroatoms. The second-order valence-electron chi connectivity index (χ2n) is 4.62. The number of pyridine rings is 1. The van der Waals surface area contributed by atoms with Gasteiger partial charge in [0.05, 0.1) is 5.56 Å². The number of benzene rings is 1. The van der Waals surface area contributed by atoms with Gasteiger partial charge in [0, 0.05) is 29.9 Å². The van der Waals surface area contributed by atoms with Crippen LogP contribution in [0, 0.1) is 0 Å². The van der Waals surface area contributed by atoms with Crippen LogP contribution in [0.4, 0.5) is 19.0 Å². The number of nitrogens with one attached hydrogen (secondary N) is 2. The van der Waals surface area contributed by atoms with Crippen molar-refractivity contribution in [2.24, 2.45) is 0 Å². The molecule has 4 nitrogen and oxygen atoms in total. The number of alkyl halides is 3. The summed E-state index contributed by atoms with van der Waals surface area (Å²) < 4.78 is 37.2. The van der Waals surface area contributed by atoms with E-state index in [-0.39, 0.29) is 5.91 Å². The molecule has 0 saturated heterocycles. The normalized spacial score (nSPS) is 11.1. The van der Waals surface area contributed by atoms with Gasteiger partial charge < -0.3 is 10.6 Å². The summed E-state index contributed by atoms with van der Waals surface area (Å²) in [4.78, 5) is 15.5. The number of rotatable bonds is 5. The van der Waals surface area contributed by atoms with Crippen LogP contribution in [0.3, 0.4) is 0 Å². The summed E-state index contributed by atoms with van der Waals surface area (Å²) in [6.45, 7) is 0.627. The van der Waals surface area contributed by atoms with E-state index >= 15 is 0 Å². The molecule has 2 rings (SSSR count). The molecule has 1 aromatic heterocycles. The van der Waals surface area contributed by atoms with Gasteiger partial charge in [0.1, 0.15) is 5.82 Å². The summed E-state index contributed by atoms with van der Waals surface area (Å²) in [6, 6.07) is 8.61. The number of hydrogen-bond acceptors (Lipinski definition) is 3. The predicted molar refractivity (Wildman–Crippen MR) is 81.5 cm³/mol. The second-order valence-corrected chi connectivity index (χ2v) is 5.06. The first-order valence-electron chi connectivity index (χ1n) is 6.67. The molecule has 0 unspecified atom stereocenters. The van der Waals surface area contributed by atoms with Gasteiger partial charge in [-0.2, -0.15) is 13.2 Å². The molecule has 0 aliphatic heterocycles. The van der Waals surface area contributed by atoms with Gasteiger partial charge in [0.15, 0.2) is 0 Å². The van der Waals surface area contributed by atoms with Gasteiger partial charge >= 0.3 is 6.18 Å². The van der Waals surface area contributed by atoms with Crippen LogP contribution >= 0.6 is 11.6 Å². The largest absolute Gasteiger partial charge is 0.417 e. The Balaban J connectivity index is 1.77. The quantitative estimate of drug-likeness (QED) is 0.816. The zero-order valence-corrected chi connectivity index (χ0v) is 12.6. The standard InChI is InChI=1S/C15H13ClF3N3O/c16-12-4-1-10(2-5-12)14(23)21-8-7-20-13-6-3-11(9-22-13)15(17,18)19/h1-6,9H,7-8H2,(H,20,22)(H,21,23). The molecule has 0 spiro atoms. The maximum atomic E-state index is 12.4. The van der Waals surface area contributed by atoms with Crippen molar-refractivity contribution in [2.45, 2.75) is 6.18 Å². The van der Waals surface area contributed by atoms with E-state index in [0.717, 1.165) is 12.3 Å². The van der Waals surface area contributed by atoms with E-state index in [4.69, 9.17) is 11.6 Å². The summed E-state index contributed by atoms with van der Waals surface area (Å²) in [5.74, 6) is 0.0441. The van der Waals surface area contributed by atoms with Crippen LogP contribution in [0.1, 0.15) is 15.9 Å².